The molecule has 0 N–H and O–H groups in total. The second kappa shape index (κ2) is 9.75. The molecule has 1 atom stereocenters. The van der Waals surface area contributed by atoms with Gasteiger partial charge in [0.1, 0.15) is 5.60 Å². The van der Waals surface area contributed by atoms with Crippen molar-refractivity contribution < 1.29 is 14.3 Å². The first-order chi connectivity index (χ1) is 12.4. The first-order valence-electron chi connectivity index (χ1n) is 9.93. The predicted molar refractivity (Wildman–Crippen MR) is 104 cm³/mol. The van der Waals surface area contributed by atoms with Gasteiger partial charge in [-0.2, -0.15) is 0 Å². The van der Waals surface area contributed by atoms with E-state index < -0.39 is 5.60 Å². The van der Waals surface area contributed by atoms with Crippen LogP contribution >= 0.6 is 0 Å². The Hall–Kier alpha value is -1.84. The quantitative estimate of drug-likeness (QED) is 0.633. The third kappa shape index (κ3) is 6.81. The molecule has 0 aliphatic carbocycles. The number of nitrogens with zero attached hydrogens (tertiary/aromatic N) is 1. The van der Waals surface area contributed by atoms with Crippen molar-refractivity contribution in [3.8, 4) is 0 Å². The van der Waals surface area contributed by atoms with Crippen LogP contribution < -0.4 is 0 Å². The summed E-state index contributed by atoms with van der Waals surface area (Å²) in [6.07, 6.45) is 7.01. The van der Waals surface area contributed by atoms with Gasteiger partial charge in [0.15, 0.2) is 5.78 Å². The first kappa shape index (κ1) is 20.5. The monoisotopic (exact) mass is 359 g/mol. The normalized spacial score (nSPS) is 17.8. The lowest BCUT2D eigenvalue weighted by Gasteiger charge is -2.36. The molecule has 4 heteroatoms. The molecule has 1 amide bonds. The molecular weight excluding hydrogens is 326 g/mol. The number of hydrogen-bond acceptors (Lipinski definition) is 3. The van der Waals surface area contributed by atoms with E-state index in [1.807, 2.05) is 26.8 Å². The molecule has 0 bridgehead atoms. The van der Waals surface area contributed by atoms with Crippen LogP contribution in [-0.2, 0) is 16.0 Å². The lowest BCUT2D eigenvalue weighted by Crippen LogP contribution is -2.49. The fourth-order valence-electron chi connectivity index (χ4n) is 3.42. The molecule has 1 heterocycles. The third-order valence-corrected chi connectivity index (χ3v) is 4.73. The number of ether oxygens (including phenoxy) is 1. The van der Waals surface area contributed by atoms with Gasteiger partial charge in [0.05, 0.1) is 6.04 Å². The van der Waals surface area contributed by atoms with Crippen LogP contribution in [0.5, 0.6) is 0 Å². The van der Waals surface area contributed by atoms with E-state index >= 15 is 0 Å². The van der Waals surface area contributed by atoms with Crippen LogP contribution in [0.15, 0.2) is 30.3 Å². The topological polar surface area (TPSA) is 46.6 Å². The highest BCUT2D eigenvalue weighted by Gasteiger charge is 2.34. The Kier molecular flexibility index (Phi) is 7.67. The number of likely N-dealkylation sites (tertiary alicyclic amines) is 1. The Morgan fingerprint density at radius 1 is 1.08 bits per heavy atom. The van der Waals surface area contributed by atoms with Gasteiger partial charge in [0.25, 0.3) is 0 Å². The Labute approximate surface area is 157 Å². The van der Waals surface area contributed by atoms with Gasteiger partial charge in [-0.25, -0.2) is 4.79 Å². The number of aryl methyl sites for hydroxylation is 1. The second-order valence-electron chi connectivity index (χ2n) is 8.20. The average Bonchev–Trinajstić information content (AvgIpc) is 2.60. The molecule has 4 nitrogen and oxygen atoms in total. The fraction of sp³-hybridized carbons (Fsp3) is 0.636. The Morgan fingerprint density at radius 2 is 1.81 bits per heavy atom. The minimum Gasteiger partial charge on any atom is -0.444 e. The summed E-state index contributed by atoms with van der Waals surface area (Å²) in [6, 6.07) is 10.1. The molecule has 0 radical (unpaired) electrons. The number of hydrogen-bond donors (Lipinski definition) is 0. The number of piperidine rings is 1. The zero-order valence-corrected chi connectivity index (χ0v) is 16.5. The van der Waals surface area contributed by atoms with Crippen molar-refractivity contribution in [3.05, 3.63) is 35.9 Å². The summed E-state index contributed by atoms with van der Waals surface area (Å²) in [5.41, 5.74) is 0.821. The van der Waals surface area contributed by atoms with Gasteiger partial charge >= 0.3 is 6.09 Å². The molecule has 1 aromatic rings. The van der Waals surface area contributed by atoms with Crippen molar-refractivity contribution in [3.63, 3.8) is 0 Å². The summed E-state index contributed by atoms with van der Waals surface area (Å²) in [5.74, 6) is 0.190. The SMILES string of the molecule is CC(C)(C)OC(=O)N1CCCC[C@H]1C(=O)CCCCCc1ccccc1. The maximum Gasteiger partial charge on any atom is 0.410 e. The third-order valence-electron chi connectivity index (χ3n) is 4.73. The van der Waals surface area contributed by atoms with Gasteiger partial charge in [-0.1, -0.05) is 36.8 Å². The molecule has 0 saturated carbocycles. The van der Waals surface area contributed by atoms with Crippen LogP contribution in [0.25, 0.3) is 0 Å². The molecule has 26 heavy (non-hydrogen) atoms. The van der Waals surface area contributed by atoms with E-state index in [1.165, 1.54) is 5.56 Å². The van der Waals surface area contributed by atoms with Crippen molar-refractivity contribution in [2.75, 3.05) is 6.54 Å². The zero-order valence-electron chi connectivity index (χ0n) is 16.5. The molecule has 1 aliphatic heterocycles. The van der Waals surface area contributed by atoms with E-state index in [0.717, 1.165) is 44.9 Å². The van der Waals surface area contributed by atoms with Gasteiger partial charge in [0.2, 0.25) is 0 Å². The summed E-state index contributed by atoms with van der Waals surface area (Å²) in [4.78, 5) is 26.7. The number of carbonyl (C=O) groups excluding carboxylic acids is 2. The van der Waals surface area contributed by atoms with E-state index in [2.05, 4.69) is 24.3 Å². The summed E-state index contributed by atoms with van der Waals surface area (Å²) in [7, 11) is 0. The van der Waals surface area contributed by atoms with Gasteiger partial charge in [-0.15, -0.1) is 0 Å². The van der Waals surface area contributed by atoms with Crippen LogP contribution in [0.3, 0.4) is 0 Å². The maximum atomic E-state index is 12.7. The van der Waals surface area contributed by atoms with Crippen molar-refractivity contribution in [2.24, 2.45) is 0 Å². The molecule has 1 saturated heterocycles. The maximum absolute atomic E-state index is 12.7. The molecule has 144 valence electrons. The number of benzene rings is 1. The zero-order chi connectivity index (χ0) is 19.0. The van der Waals surface area contributed by atoms with Gasteiger partial charge in [0, 0.05) is 13.0 Å². The molecule has 0 spiro atoms. The van der Waals surface area contributed by atoms with Crippen LogP contribution in [0.4, 0.5) is 4.79 Å². The lowest BCUT2D eigenvalue weighted by molar-refractivity contribution is -0.125. The molecule has 0 aromatic heterocycles. The number of unbranched alkanes of at least 4 members (excludes halogenated alkanes) is 2. The number of Topliss-reactive ketones (excluding diaryl/α,β-unsaturated/α-hetero) is 1. The molecule has 0 unspecified atom stereocenters. The van der Waals surface area contributed by atoms with E-state index in [4.69, 9.17) is 4.74 Å². The van der Waals surface area contributed by atoms with E-state index in [1.54, 1.807) is 4.90 Å². The first-order valence-corrected chi connectivity index (χ1v) is 9.93. The summed E-state index contributed by atoms with van der Waals surface area (Å²) in [6.45, 7) is 6.20. The van der Waals surface area contributed by atoms with Gasteiger partial charge < -0.3 is 4.74 Å². The molecule has 1 aliphatic rings. The lowest BCUT2D eigenvalue weighted by atomic mass is 9.95. The van der Waals surface area contributed by atoms with Crippen LogP contribution in [0.1, 0.15) is 71.3 Å². The minimum atomic E-state index is -0.528. The Bertz CT molecular complexity index is 577. The number of ketones is 1. The summed E-state index contributed by atoms with van der Waals surface area (Å²) >= 11 is 0. The number of amides is 1. The van der Waals surface area contributed by atoms with Gasteiger partial charge in [-0.3, -0.25) is 9.69 Å². The van der Waals surface area contributed by atoms with Crippen LogP contribution in [0, 0.1) is 0 Å². The highest BCUT2D eigenvalue weighted by atomic mass is 16.6. The van der Waals surface area contributed by atoms with Crippen LogP contribution in [0.2, 0.25) is 0 Å². The van der Waals surface area contributed by atoms with Crippen LogP contribution in [-0.4, -0.2) is 35.0 Å². The van der Waals surface area contributed by atoms with Gasteiger partial charge in [-0.05, 0) is 64.9 Å². The Balaban J connectivity index is 1.76. The van der Waals surface area contributed by atoms with E-state index in [-0.39, 0.29) is 17.9 Å². The van der Waals surface area contributed by atoms with E-state index in [0.29, 0.717) is 13.0 Å². The van der Waals surface area contributed by atoms with E-state index in [9.17, 15) is 9.59 Å². The molecule has 2 rings (SSSR count). The number of carbonyl (C=O) groups is 2. The average molecular weight is 360 g/mol. The fourth-order valence-corrected chi connectivity index (χ4v) is 3.42. The molecule has 1 aromatic carbocycles. The highest BCUT2D eigenvalue weighted by molar-refractivity contribution is 5.87. The second-order valence-corrected chi connectivity index (χ2v) is 8.20. The Morgan fingerprint density at radius 3 is 2.50 bits per heavy atom. The number of rotatable bonds is 7. The standard InChI is InChI=1S/C22H33NO3/c1-22(2,3)26-21(25)23-17-11-10-15-19(23)20(24)16-9-5-8-14-18-12-6-4-7-13-18/h4,6-7,12-13,19H,5,8-11,14-17H2,1-3H3/t19-/m0/s1. The molecule has 1 fully saturated rings. The highest BCUT2D eigenvalue weighted by Crippen LogP contribution is 2.22. The van der Waals surface area contributed by atoms with Crippen molar-refractivity contribution in [2.45, 2.75) is 83.8 Å². The van der Waals surface area contributed by atoms with Crippen molar-refractivity contribution >= 4 is 11.9 Å². The summed E-state index contributed by atoms with van der Waals surface area (Å²) in [5, 5.41) is 0. The minimum absolute atomic E-state index is 0.190. The molecular formula is C22H33NO3. The van der Waals surface area contributed by atoms with Crippen molar-refractivity contribution in [1.82, 2.24) is 4.90 Å². The summed E-state index contributed by atoms with van der Waals surface area (Å²) < 4.78 is 5.48. The smallest absolute Gasteiger partial charge is 0.410 e. The van der Waals surface area contributed by atoms with Crippen molar-refractivity contribution in [1.29, 1.82) is 0 Å². The predicted octanol–water partition coefficient (Wildman–Crippen LogP) is 5.15. The largest absolute Gasteiger partial charge is 0.444 e.